The number of nitrogens with zero attached hydrogens (tertiary/aromatic N) is 2. The van der Waals surface area contributed by atoms with Crippen molar-refractivity contribution in [2.24, 2.45) is 0 Å². The van der Waals surface area contributed by atoms with Gasteiger partial charge in [0.1, 0.15) is 5.76 Å². The molecule has 0 bridgehead atoms. The van der Waals surface area contributed by atoms with E-state index in [1.54, 1.807) is 17.2 Å². The Balaban J connectivity index is 1.63. The predicted molar refractivity (Wildman–Crippen MR) is 91.5 cm³/mol. The standard InChI is InChI=1S/C19H22N2O3/c1-15(22)20(14-17-8-5-13-24-17)12-10-19(23)21-11-4-7-16-6-2-3-9-18(16)21/h2-3,5-6,8-9,13H,4,7,10-12,14H2,1H3. The van der Waals surface area contributed by atoms with E-state index in [2.05, 4.69) is 6.07 Å². The van der Waals surface area contributed by atoms with E-state index in [0.29, 0.717) is 19.5 Å². The monoisotopic (exact) mass is 326 g/mol. The highest BCUT2D eigenvalue weighted by Crippen LogP contribution is 2.27. The van der Waals surface area contributed by atoms with Crippen LogP contribution in [0.5, 0.6) is 0 Å². The molecule has 24 heavy (non-hydrogen) atoms. The first-order valence-electron chi connectivity index (χ1n) is 8.31. The molecule has 0 N–H and O–H groups in total. The van der Waals surface area contributed by atoms with Crippen LogP contribution in [0.15, 0.2) is 47.1 Å². The zero-order valence-electron chi connectivity index (χ0n) is 13.9. The largest absolute Gasteiger partial charge is 0.467 e. The van der Waals surface area contributed by atoms with E-state index < -0.39 is 0 Å². The van der Waals surface area contributed by atoms with Gasteiger partial charge in [0.15, 0.2) is 0 Å². The van der Waals surface area contributed by atoms with E-state index in [1.807, 2.05) is 29.2 Å². The van der Waals surface area contributed by atoms with E-state index in [-0.39, 0.29) is 11.8 Å². The Kier molecular flexibility index (Phi) is 4.99. The minimum Gasteiger partial charge on any atom is -0.467 e. The highest BCUT2D eigenvalue weighted by molar-refractivity contribution is 5.94. The number of aryl methyl sites for hydroxylation is 1. The summed E-state index contributed by atoms with van der Waals surface area (Å²) < 4.78 is 5.29. The molecule has 1 aliphatic rings. The SMILES string of the molecule is CC(=O)N(CCC(=O)N1CCCc2ccccc21)Cc1ccco1. The first kappa shape index (κ1) is 16.3. The Labute approximate surface area is 141 Å². The molecule has 0 atom stereocenters. The molecular formula is C19H22N2O3. The smallest absolute Gasteiger partial charge is 0.228 e. The molecule has 2 amide bonds. The van der Waals surface area contributed by atoms with Crippen molar-refractivity contribution in [2.75, 3.05) is 18.0 Å². The summed E-state index contributed by atoms with van der Waals surface area (Å²) in [6, 6.07) is 11.7. The number of furan rings is 1. The molecule has 0 unspecified atom stereocenters. The maximum atomic E-state index is 12.7. The van der Waals surface area contributed by atoms with Gasteiger partial charge < -0.3 is 14.2 Å². The van der Waals surface area contributed by atoms with Gasteiger partial charge in [-0.3, -0.25) is 9.59 Å². The lowest BCUT2D eigenvalue weighted by atomic mass is 10.0. The third-order valence-electron chi connectivity index (χ3n) is 4.38. The molecule has 0 saturated carbocycles. The van der Waals surface area contributed by atoms with Gasteiger partial charge in [-0.15, -0.1) is 0 Å². The van der Waals surface area contributed by atoms with Crippen LogP contribution in [0.4, 0.5) is 5.69 Å². The van der Waals surface area contributed by atoms with Crippen molar-refractivity contribution in [3.8, 4) is 0 Å². The Hall–Kier alpha value is -2.56. The summed E-state index contributed by atoms with van der Waals surface area (Å²) in [6.07, 6.45) is 3.89. The summed E-state index contributed by atoms with van der Waals surface area (Å²) in [5.74, 6) is 0.729. The summed E-state index contributed by atoms with van der Waals surface area (Å²) in [4.78, 5) is 28.0. The number of rotatable bonds is 5. The molecule has 2 aromatic rings. The lowest BCUT2D eigenvalue weighted by molar-refractivity contribution is -0.130. The molecule has 5 nitrogen and oxygen atoms in total. The Bertz CT molecular complexity index is 709. The van der Waals surface area contributed by atoms with Gasteiger partial charge in [0.25, 0.3) is 0 Å². The van der Waals surface area contributed by atoms with Crippen LogP contribution in [-0.2, 0) is 22.6 Å². The Morgan fingerprint density at radius 1 is 1.21 bits per heavy atom. The lowest BCUT2D eigenvalue weighted by Gasteiger charge is -2.30. The second kappa shape index (κ2) is 7.34. The fraction of sp³-hybridized carbons (Fsp3) is 0.368. The summed E-state index contributed by atoms with van der Waals surface area (Å²) in [7, 11) is 0. The molecule has 1 aromatic heterocycles. The van der Waals surface area contributed by atoms with Gasteiger partial charge in [0.2, 0.25) is 11.8 Å². The van der Waals surface area contributed by atoms with Crippen LogP contribution in [0.2, 0.25) is 0 Å². The lowest BCUT2D eigenvalue weighted by Crippen LogP contribution is -2.38. The molecule has 5 heteroatoms. The number of benzene rings is 1. The van der Waals surface area contributed by atoms with Crippen LogP contribution in [0, 0.1) is 0 Å². The van der Waals surface area contributed by atoms with E-state index >= 15 is 0 Å². The Morgan fingerprint density at radius 3 is 2.79 bits per heavy atom. The van der Waals surface area contributed by atoms with Gasteiger partial charge in [0, 0.05) is 32.1 Å². The molecule has 126 valence electrons. The van der Waals surface area contributed by atoms with E-state index in [1.165, 1.54) is 12.5 Å². The Morgan fingerprint density at radius 2 is 2.04 bits per heavy atom. The molecule has 1 aliphatic heterocycles. The van der Waals surface area contributed by atoms with Gasteiger partial charge in [-0.05, 0) is 36.6 Å². The minimum atomic E-state index is -0.0572. The van der Waals surface area contributed by atoms with Gasteiger partial charge in [-0.25, -0.2) is 0 Å². The van der Waals surface area contributed by atoms with Crippen LogP contribution in [-0.4, -0.2) is 29.8 Å². The zero-order valence-corrected chi connectivity index (χ0v) is 13.9. The van der Waals surface area contributed by atoms with Crippen LogP contribution in [0.3, 0.4) is 0 Å². The van der Waals surface area contributed by atoms with Crippen LogP contribution >= 0.6 is 0 Å². The molecule has 3 rings (SSSR count). The quantitative estimate of drug-likeness (QED) is 0.849. The van der Waals surface area contributed by atoms with Crippen molar-refractivity contribution in [3.63, 3.8) is 0 Å². The molecular weight excluding hydrogens is 304 g/mol. The number of anilines is 1. The summed E-state index contributed by atoms with van der Waals surface area (Å²) in [5, 5.41) is 0. The summed E-state index contributed by atoms with van der Waals surface area (Å²) in [6.45, 7) is 3.05. The average Bonchev–Trinajstić information content (AvgIpc) is 3.10. The van der Waals surface area contributed by atoms with Crippen molar-refractivity contribution in [3.05, 3.63) is 54.0 Å². The number of hydrogen-bond donors (Lipinski definition) is 0. The van der Waals surface area contributed by atoms with Gasteiger partial charge in [-0.1, -0.05) is 18.2 Å². The second-order valence-corrected chi connectivity index (χ2v) is 6.05. The normalized spacial score (nSPS) is 13.5. The minimum absolute atomic E-state index is 0.0572. The van der Waals surface area contributed by atoms with E-state index in [4.69, 9.17) is 4.42 Å². The highest BCUT2D eigenvalue weighted by Gasteiger charge is 2.23. The third kappa shape index (κ3) is 3.67. The first-order valence-corrected chi connectivity index (χ1v) is 8.31. The van der Waals surface area contributed by atoms with Gasteiger partial charge >= 0.3 is 0 Å². The zero-order chi connectivity index (χ0) is 16.9. The maximum absolute atomic E-state index is 12.7. The molecule has 2 heterocycles. The molecule has 0 spiro atoms. The topological polar surface area (TPSA) is 53.8 Å². The molecule has 0 saturated heterocycles. The highest BCUT2D eigenvalue weighted by atomic mass is 16.3. The van der Waals surface area contributed by atoms with Crippen LogP contribution in [0.1, 0.15) is 31.1 Å². The van der Waals surface area contributed by atoms with Crippen molar-refractivity contribution >= 4 is 17.5 Å². The van der Waals surface area contributed by atoms with Crippen molar-refractivity contribution in [1.82, 2.24) is 4.90 Å². The first-order chi connectivity index (χ1) is 11.6. The van der Waals surface area contributed by atoms with E-state index in [0.717, 1.165) is 30.8 Å². The number of hydrogen-bond acceptors (Lipinski definition) is 3. The number of para-hydroxylation sites is 1. The second-order valence-electron chi connectivity index (χ2n) is 6.05. The van der Waals surface area contributed by atoms with Crippen LogP contribution < -0.4 is 4.90 Å². The van der Waals surface area contributed by atoms with Gasteiger partial charge in [0.05, 0.1) is 12.8 Å². The summed E-state index contributed by atoms with van der Waals surface area (Å²) >= 11 is 0. The number of carbonyl (C=O) groups is 2. The fourth-order valence-corrected chi connectivity index (χ4v) is 3.10. The van der Waals surface area contributed by atoms with Crippen LogP contribution in [0.25, 0.3) is 0 Å². The van der Waals surface area contributed by atoms with Crippen molar-refractivity contribution in [2.45, 2.75) is 32.7 Å². The summed E-state index contributed by atoms with van der Waals surface area (Å²) in [5.41, 5.74) is 2.23. The fourth-order valence-electron chi connectivity index (χ4n) is 3.10. The molecule has 0 fully saturated rings. The molecule has 0 radical (unpaired) electrons. The number of carbonyl (C=O) groups excluding carboxylic acids is 2. The van der Waals surface area contributed by atoms with E-state index in [9.17, 15) is 9.59 Å². The van der Waals surface area contributed by atoms with Crippen molar-refractivity contribution < 1.29 is 14.0 Å². The third-order valence-corrected chi connectivity index (χ3v) is 4.38. The average molecular weight is 326 g/mol. The molecule has 1 aromatic carbocycles. The predicted octanol–water partition coefficient (Wildman–Crippen LogP) is 3.00. The number of fused-ring (bicyclic) bond motifs is 1. The molecule has 0 aliphatic carbocycles. The number of amides is 2. The maximum Gasteiger partial charge on any atom is 0.228 e. The van der Waals surface area contributed by atoms with Crippen molar-refractivity contribution in [1.29, 1.82) is 0 Å². The van der Waals surface area contributed by atoms with Gasteiger partial charge in [-0.2, -0.15) is 0 Å².